The van der Waals surface area contributed by atoms with Gasteiger partial charge in [-0.1, -0.05) is 19.4 Å². The Balaban J connectivity index is 1.32. The lowest BCUT2D eigenvalue weighted by Crippen LogP contribution is -2.48. The highest BCUT2D eigenvalue weighted by molar-refractivity contribution is 5.82. The van der Waals surface area contributed by atoms with Crippen LogP contribution in [0.5, 0.6) is 0 Å². The largest absolute Gasteiger partial charge is 0.341 e. The molecule has 150 valence electrons. The third-order valence-electron chi connectivity index (χ3n) is 5.90. The number of nitrogens with one attached hydrogen (secondary N) is 2. The van der Waals surface area contributed by atoms with Gasteiger partial charge in [0.05, 0.1) is 12.2 Å². The highest BCUT2D eigenvalue weighted by atomic mass is 16.2. The maximum Gasteiger partial charge on any atom is 0.241 e. The summed E-state index contributed by atoms with van der Waals surface area (Å²) in [7, 11) is 0. The van der Waals surface area contributed by atoms with Crippen LogP contribution < -0.4 is 10.9 Å². The van der Waals surface area contributed by atoms with Crippen LogP contribution in [0.4, 0.5) is 0 Å². The Morgan fingerprint density at radius 3 is 2.79 bits per heavy atom. The molecule has 2 unspecified atom stereocenters. The molecule has 0 spiro atoms. The first-order chi connectivity index (χ1) is 13.7. The first kappa shape index (κ1) is 19.1. The molecule has 0 aliphatic carbocycles. The molecular formula is C21H30N6O. The number of carbonyl (C=O) groups is 1. The molecule has 0 bridgehead atoms. The summed E-state index contributed by atoms with van der Waals surface area (Å²) in [5.74, 6) is 1.74. The van der Waals surface area contributed by atoms with E-state index in [0.717, 1.165) is 63.3 Å². The van der Waals surface area contributed by atoms with Gasteiger partial charge < -0.3 is 9.47 Å². The molecule has 2 atom stereocenters. The number of likely N-dealkylation sites (tertiary alicyclic amines) is 1. The van der Waals surface area contributed by atoms with Crippen molar-refractivity contribution in [3.8, 4) is 0 Å². The van der Waals surface area contributed by atoms with Crippen LogP contribution in [0.1, 0.15) is 56.5 Å². The highest BCUT2D eigenvalue weighted by Crippen LogP contribution is 2.28. The van der Waals surface area contributed by atoms with Crippen molar-refractivity contribution in [2.45, 2.75) is 63.6 Å². The molecule has 2 aliphatic rings. The summed E-state index contributed by atoms with van der Waals surface area (Å²) < 4.78 is 2.20. The Kier molecular flexibility index (Phi) is 6.02. The zero-order valence-corrected chi connectivity index (χ0v) is 16.6. The summed E-state index contributed by atoms with van der Waals surface area (Å²) in [5.41, 5.74) is 7.51. The minimum atomic E-state index is -0.0840. The van der Waals surface area contributed by atoms with E-state index in [0.29, 0.717) is 12.0 Å². The van der Waals surface area contributed by atoms with E-state index < -0.39 is 0 Å². The quantitative estimate of drug-likeness (QED) is 0.800. The maximum absolute atomic E-state index is 12.8. The number of carbonyl (C=O) groups excluding carboxylic acids is 1. The van der Waals surface area contributed by atoms with Crippen molar-refractivity contribution < 1.29 is 4.79 Å². The molecule has 2 aromatic rings. The number of aromatic nitrogens is 3. The SMILES string of the molecule is CCCC1CC(C(=O)N2CCC(c3nccn3Cc3ccccn3)CC2)NN1. The fourth-order valence-electron chi connectivity index (χ4n) is 4.38. The van der Waals surface area contributed by atoms with E-state index in [1.165, 1.54) is 0 Å². The van der Waals surface area contributed by atoms with Crippen LogP contribution in [0.2, 0.25) is 0 Å². The van der Waals surface area contributed by atoms with E-state index in [-0.39, 0.29) is 11.9 Å². The van der Waals surface area contributed by atoms with E-state index in [1.807, 2.05) is 41.7 Å². The number of nitrogens with zero attached hydrogens (tertiary/aromatic N) is 4. The van der Waals surface area contributed by atoms with Crippen LogP contribution in [0, 0.1) is 0 Å². The van der Waals surface area contributed by atoms with Gasteiger partial charge in [-0.15, -0.1) is 0 Å². The van der Waals surface area contributed by atoms with Crippen molar-refractivity contribution in [1.82, 2.24) is 30.3 Å². The second-order valence-corrected chi connectivity index (χ2v) is 7.90. The molecule has 2 aliphatic heterocycles. The van der Waals surface area contributed by atoms with Crippen molar-refractivity contribution in [2.75, 3.05) is 13.1 Å². The van der Waals surface area contributed by atoms with Crippen LogP contribution >= 0.6 is 0 Å². The summed E-state index contributed by atoms with van der Waals surface area (Å²) in [6.45, 7) is 4.53. The molecule has 0 radical (unpaired) electrons. The summed E-state index contributed by atoms with van der Waals surface area (Å²) in [6, 6.07) is 6.32. The summed E-state index contributed by atoms with van der Waals surface area (Å²) in [6.07, 6.45) is 10.8. The van der Waals surface area contributed by atoms with E-state index in [9.17, 15) is 4.79 Å². The molecule has 4 heterocycles. The summed E-state index contributed by atoms with van der Waals surface area (Å²) in [4.78, 5) is 23.9. The lowest BCUT2D eigenvalue weighted by molar-refractivity contribution is -0.134. The van der Waals surface area contributed by atoms with Gasteiger partial charge in [-0.2, -0.15) is 0 Å². The highest BCUT2D eigenvalue weighted by Gasteiger charge is 2.34. The van der Waals surface area contributed by atoms with Gasteiger partial charge in [0.1, 0.15) is 11.9 Å². The zero-order chi connectivity index (χ0) is 19.3. The minimum absolute atomic E-state index is 0.0840. The number of hydrazine groups is 1. The van der Waals surface area contributed by atoms with Gasteiger partial charge in [0.25, 0.3) is 0 Å². The molecule has 0 saturated carbocycles. The van der Waals surface area contributed by atoms with Crippen molar-refractivity contribution in [1.29, 1.82) is 0 Å². The smallest absolute Gasteiger partial charge is 0.241 e. The van der Waals surface area contributed by atoms with E-state index in [4.69, 9.17) is 0 Å². The minimum Gasteiger partial charge on any atom is -0.341 e. The maximum atomic E-state index is 12.8. The Labute approximate surface area is 166 Å². The molecule has 4 rings (SSSR count). The number of piperidine rings is 1. The number of imidazole rings is 1. The summed E-state index contributed by atoms with van der Waals surface area (Å²) >= 11 is 0. The molecule has 1 amide bonds. The predicted octanol–water partition coefficient (Wildman–Crippen LogP) is 2.07. The first-order valence-corrected chi connectivity index (χ1v) is 10.5. The third-order valence-corrected chi connectivity index (χ3v) is 5.90. The van der Waals surface area contributed by atoms with Crippen molar-refractivity contribution in [2.24, 2.45) is 0 Å². The number of pyridine rings is 1. The summed E-state index contributed by atoms with van der Waals surface area (Å²) in [5, 5.41) is 0. The van der Waals surface area contributed by atoms with Crippen LogP contribution in [0.25, 0.3) is 0 Å². The van der Waals surface area contributed by atoms with Gasteiger partial charge in [-0.25, -0.2) is 10.4 Å². The van der Waals surface area contributed by atoms with Gasteiger partial charge in [0, 0.05) is 43.6 Å². The first-order valence-electron chi connectivity index (χ1n) is 10.5. The van der Waals surface area contributed by atoms with E-state index in [2.05, 4.69) is 32.3 Å². The second-order valence-electron chi connectivity index (χ2n) is 7.90. The average molecular weight is 383 g/mol. The predicted molar refractivity (Wildman–Crippen MR) is 107 cm³/mol. The van der Waals surface area contributed by atoms with Crippen LogP contribution in [0.3, 0.4) is 0 Å². The topological polar surface area (TPSA) is 75.1 Å². The lowest BCUT2D eigenvalue weighted by Gasteiger charge is -2.33. The molecule has 2 N–H and O–H groups in total. The van der Waals surface area contributed by atoms with Crippen LogP contribution in [-0.4, -0.2) is 50.5 Å². The Hall–Kier alpha value is -2.25. The number of hydrogen-bond acceptors (Lipinski definition) is 5. The van der Waals surface area contributed by atoms with E-state index >= 15 is 0 Å². The van der Waals surface area contributed by atoms with Crippen LogP contribution in [0.15, 0.2) is 36.8 Å². The molecule has 2 aromatic heterocycles. The number of amides is 1. The van der Waals surface area contributed by atoms with Gasteiger partial charge in [-0.05, 0) is 37.8 Å². The zero-order valence-electron chi connectivity index (χ0n) is 16.6. The molecule has 28 heavy (non-hydrogen) atoms. The fraction of sp³-hybridized carbons (Fsp3) is 0.571. The molecule has 2 saturated heterocycles. The van der Waals surface area contributed by atoms with Gasteiger partial charge in [0.15, 0.2) is 0 Å². The average Bonchev–Trinajstić information content (AvgIpc) is 3.38. The molecule has 0 aromatic carbocycles. The number of hydrogen-bond donors (Lipinski definition) is 2. The monoisotopic (exact) mass is 382 g/mol. The normalized spacial score (nSPS) is 23.2. The second kappa shape index (κ2) is 8.84. The van der Waals surface area contributed by atoms with Crippen LogP contribution in [-0.2, 0) is 11.3 Å². The van der Waals surface area contributed by atoms with E-state index in [1.54, 1.807) is 0 Å². The Bertz CT molecular complexity index is 768. The Morgan fingerprint density at radius 2 is 2.04 bits per heavy atom. The standard InChI is InChI=1S/C21H30N6O/c1-2-5-17-14-19(25-24-17)21(28)26-11-7-16(8-12-26)20-23-10-13-27(20)15-18-6-3-4-9-22-18/h3-4,6,9-10,13,16-17,19,24-25H,2,5,7-8,11-12,14-15H2,1H3. The van der Waals surface area contributed by atoms with Crippen molar-refractivity contribution in [3.05, 3.63) is 48.3 Å². The molecule has 7 heteroatoms. The molecule has 7 nitrogen and oxygen atoms in total. The van der Waals surface area contributed by atoms with Gasteiger partial charge in [-0.3, -0.25) is 15.2 Å². The molecular weight excluding hydrogens is 352 g/mol. The number of rotatable bonds is 6. The fourth-order valence-corrected chi connectivity index (χ4v) is 4.38. The Morgan fingerprint density at radius 1 is 1.18 bits per heavy atom. The van der Waals surface area contributed by atoms with Crippen molar-refractivity contribution in [3.63, 3.8) is 0 Å². The van der Waals surface area contributed by atoms with Crippen molar-refractivity contribution >= 4 is 5.91 Å². The third kappa shape index (κ3) is 4.25. The van der Waals surface area contributed by atoms with Gasteiger partial charge >= 0.3 is 0 Å². The van der Waals surface area contributed by atoms with Gasteiger partial charge in [0.2, 0.25) is 5.91 Å². The molecule has 2 fully saturated rings. The lowest BCUT2D eigenvalue weighted by atomic mass is 9.95.